The molecule has 0 fully saturated rings. The molecular weight excluding hydrogens is 197 g/mol. The third kappa shape index (κ3) is 1.22. The fourth-order valence-electron chi connectivity index (χ4n) is 0.935. The lowest BCUT2D eigenvalue weighted by molar-refractivity contribution is -0.387. The van der Waals surface area contributed by atoms with Crippen molar-refractivity contribution in [3.8, 4) is 0 Å². The van der Waals surface area contributed by atoms with E-state index >= 15 is 0 Å². The fourth-order valence-corrected chi connectivity index (χ4v) is 1.44. The molecule has 0 saturated carbocycles. The molecule has 2 rings (SSSR count). The van der Waals surface area contributed by atoms with Crippen molar-refractivity contribution in [2.45, 2.75) is 0 Å². The average Bonchev–Trinajstić information content (AvgIpc) is 2.48. The minimum absolute atomic E-state index is 0.341. The van der Waals surface area contributed by atoms with Crippen LogP contribution in [-0.4, -0.2) is 13.7 Å². The van der Waals surface area contributed by atoms with Crippen LogP contribution in [0.4, 0.5) is 10.1 Å². The molecule has 1 aromatic heterocycles. The van der Waals surface area contributed by atoms with Gasteiger partial charge in [-0.2, -0.15) is 13.1 Å². The lowest BCUT2D eigenvalue weighted by Gasteiger charge is -1.91. The zero-order valence-corrected chi connectivity index (χ0v) is 6.92. The summed E-state index contributed by atoms with van der Waals surface area (Å²) < 4.78 is 20.5. The maximum atomic E-state index is 12.9. The van der Waals surface area contributed by atoms with E-state index < -0.39 is 16.4 Å². The van der Waals surface area contributed by atoms with Crippen LogP contribution in [0.1, 0.15) is 0 Å². The minimum Gasteiger partial charge on any atom is -0.258 e. The Bertz CT molecular complexity index is 484. The van der Waals surface area contributed by atoms with Crippen molar-refractivity contribution in [3.63, 3.8) is 0 Å². The van der Waals surface area contributed by atoms with Gasteiger partial charge in [-0.1, -0.05) is 0 Å². The number of nitro groups is 1. The summed E-state index contributed by atoms with van der Waals surface area (Å²) in [5.74, 6) is -0.884. The Hall–Kier alpha value is -1.63. The van der Waals surface area contributed by atoms with Crippen LogP contribution in [0.5, 0.6) is 0 Å². The number of fused-ring (bicyclic) bond motifs is 1. The van der Waals surface area contributed by atoms with Gasteiger partial charge in [-0.3, -0.25) is 10.1 Å². The molecule has 7 heteroatoms. The van der Waals surface area contributed by atoms with E-state index in [9.17, 15) is 14.5 Å². The molecule has 0 aliphatic rings. The van der Waals surface area contributed by atoms with Crippen molar-refractivity contribution in [1.29, 1.82) is 0 Å². The van der Waals surface area contributed by atoms with E-state index in [1.807, 2.05) is 0 Å². The van der Waals surface area contributed by atoms with Gasteiger partial charge in [0.2, 0.25) is 5.82 Å². The van der Waals surface area contributed by atoms with Crippen LogP contribution in [0.3, 0.4) is 0 Å². The first kappa shape index (κ1) is 7.99. The topological polar surface area (TPSA) is 68.9 Å². The van der Waals surface area contributed by atoms with Crippen LogP contribution in [0.15, 0.2) is 12.1 Å². The Morgan fingerprint density at radius 2 is 2.00 bits per heavy atom. The van der Waals surface area contributed by atoms with Crippen molar-refractivity contribution in [2.75, 3.05) is 0 Å². The van der Waals surface area contributed by atoms with Crippen molar-refractivity contribution in [3.05, 3.63) is 28.1 Å². The molecule has 0 spiro atoms. The molecular formula is C6H2FN3O2S. The number of nitro benzene ring substituents is 1. The smallest absolute Gasteiger partial charge is 0.258 e. The fraction of sp³-hybridized carbons (Fsp3) is 0. The molecule has 13 heavy (non-hydrogen) atoms. The summed E-state index contributed by atoms with van der Waals surface area (Å²) in [6.07, 6.45) is 0. The first-order valence-corrected chi connectivity index (χ1v) is 3.98. The van der Waals surface area contributed by atoms with Gasteiger partial charge in [0.25, 0.3) is 0 Å². The first-order chi connectivity index (χ1) is 6.18. The second-order valence-electron chi connectivity index (χ2n) is 2.31. The largest absolute Gasteiger partial charge is 0.307 e. The quantitative estimate of drug-likeness (QED) is 0.518. The molecule has 66 valence electrons. The predicted octanol–water partition coefficient (Wildman–Crippen LogP) is 1.74. The van der Waals surface area contributed by atoms with E-state index in [-0.39, 0.29) is 0 Å². The van der Waals surface area contributed by atoms with E-state index in [2.05, 4.69) is 8.75 Å². The summed E-state index contributed by atoms with van der Waals surface area (Å²) in [6.45, 7) is 0. The standard InChI is InChI=1S/C6H2FN3O2S/c7-3-1-4-5(9-13-8-4)2-6(3)10(11)12/h1-2H. The maximum absolute atomic E-state index is 12.9. The molecule has 0 bridgehead atoms. The van der Waals surface area contributed by atoms with Gasteiger partial charge in [0, 0.05) is 12.1 Å². The van der Waals surface area contributed by atoms with Gasteiger partial charge in [-0.15, -0.1) is 0 Å². The van der Waals surface area contributed by atoms with E-state index in [0.29, 0.717) is 11.0 Å². The molecule has 0 N–H and O–H groups in total. The Labute approximate surface area is 75.3 Å². The van der Waals surface area contributed by atoms with Gasteiger partial charge in [0.1, 0.15) is 11.0 Å². The van der Waals surface area contributed by atoms with Crippen molar-refractivity contribution < 1.29 is 9.31 Å². The molecule has 5 nitrogen and oxygen atoms in total. The van der Waals surface area contributed by atoms with E-state index in [1.165, 1.54) is 0 Å². The highest BCUT2D eigenvalue weighted by Crippen LogP contribution is 2.22. The van der Waals surface area contributed by atoms with Gasteiger partial charge in [-0.25, -0.2) is 0 Å². The van der Waals surface area contributed by atoms with E-state index in [4.69, 9.17) is 0 Å². The highest BCUT2D eigenvalue weighted by atomic mass is 32.1. The zero-order chi connectivity index (χ0) is 9.42. The Morgan fingerprint density at radius 1 is 1.38 bits per heavy atom. The normalized spacial score (nSPS) is 10.5. The van der Waals surface area contributed by atoms with Crippen molar-refractivity contribution >= 4 is 28.4 Å². The summed E-state index contributed by atoms with van der Waals surface area (Å²) >= 11 is 0.893. The summed E-state index contributed by atoms with van der Waals surface area (Å²) in [5, 5.41) is 10.3. The van der Waals surface area contributed by atoms with Crippen LogP contribution in [0.2, 0.25) is 0 Å². The molecule has 0 radical (unpaired) electrons. The Kier molecular flexibility index (Phi) is 1.66. The molecule has 1 aromatic carbocycles. The maximum Gasteiger partial charge on any atom is 0.307 e. The minimum atomic E-state index is -0.884. The second kappa shape index (κ2) is 2.70. The molecule has 1 heterocycles. The lowest BCUT2D eigenvalue weighted by atomic mass is 10.2. The van der Waals surface area contributed by atoms with Crippen LogP contribution in [0, 0.1) is 15.9 Å². The summed E-state index contributed by atoms with van der Waals surface area (Å²) in [7, 11) is 0. The number of rotatable bonds is 1. The lowest BCUT2D eigenvalue weighted by Crippen LogP contribution is -1.91. The molecule has 2 aromatic rings. The van der Waals surface area contributed by atoms with Crippen LogP contribution in [-0.2, 0) is 0 Å². The highest BCUT2D eigenvalue weighted by Gasteiger charge is 2.16. The molecule has 0 amide bonds. The summed E-state index contributed by atoms with van der Waals surface area (Å²) in [5.41, 5.74) is 0.117. The number of aromatic nitrogens is 2. The molecule has 0 aliphatic carbocycles. The molecule has 0 aliphatic heterocycles. The predicted molar refractivity (Wildman–Crippen MR) is 44.0 cm³/mol. The number of hydrogen-bond donors (Lipinski definition) is 0. The van der Waals surface area contributed by atoms with Crippen molar-refractivity contribution in [1.82, 2.24) is 8.75 Å². The van der Waals surface area contributed by atoms with Gasteiger partial charge in [0.15, 0.2) is 0 Å². The Morgan fingerprint density at radius 3 is 2.62 bits per heavy atom. The first-order valence-electron chi connectivity index (χ1n) is 3.24. The van der Waals surface area contributed by atoms with Crippen LogP contribution >= 0.6 is 11.7 Å². The average molecular weight is 199 g/mol. The summed E-state index contributed by atoms with van der Waals surface area (Å²) in [4.78, 5) is 9.52. The molecule has 0 unspecified atom stereocenters. The summed E-state index contributed by atoms with van der Waals surface area (Å²) in [6, 6.07) is 2.09. The third-order valence-corrected chi connectivity index (χ3v) is 2.08. The number of halogens is 1. The monoisotopic (exact) mass is 199 g/mol. The number of nitrogens with zero attached hydrogens (tertiary/aromatic N) is 3. The third-order valence-electron chi connectivity index (χ3n) is 1.52. The van der Waals surface area contributed by atoms with Crippen LogP contribution < -0.4 is 0 Å². The van der Waals surface area contributed by atoms with Gasteiger partial charge < -0.3 is 0 Å². The molecule has 0 atom stereocenters. The van der Waals surface area contributed by atoms with E-state index in [1.54, 1.807) is 0 Å². The Balaban J connectivity index is 2.76. The van der Waals surface area contributed by atoms with Crippen LogP contribution in [0.25, 0.3) is 11.0 Å². The number of hydrogen-bond acceptors (Lipinski definition) is 5. The van der Waals surface area contributed by atoms with Gasteiger partial charge in [-0.05, 0) is 0 Å². The molecule has 0 saturated heterocycles. The SMILES string of the molecule is O=[N+]([O-])c1cc2nsnc2cc1F. The van der Waals surface area contributed by atoms with Crippen molar-refractivity contribution in [2.24, 2.45) is 0 Å². The van der Waals surface area contributed by atoms with E-state index in [0.717, 1.165) is 23.9 Å². The van der Waals surface area contributed by atoms with Gasteiger partial charge >= 0.3 is 5.69 Å². The zero-order valence-electron chi connectivity index (χ0n) is 6.10. The van der Waals surface area contributed by atoms with Gasteiger partial charge in [0.05, 0.1) is 16.7 Å². The number of benzene rings is 1. The second-order valence-corrected chi connectivity index (χ2v) is 2.84. The highest BCUT2D eigenvalue weighted by molar-refractivity contribution is 7.00.